The topological polar surface area (TPSA) is 42.7 Å². The van der Waals surface area contributed by atoms with Crippen LogP contribution in [0.15, 0.2) is 53.3 Å². The molecular formula is C17H13BrClFN4. The second-order valence-electron chi connectivity index (χ2n) is 5.67. The van der Waals surface area contributed by atoms with Crippen LogP contribution in [0.3, 0.4) is 0 Å². The fourth-order valence-corrected chi connectivity index (χ4v) is 3.84. The summed E-state index contributed by atoms with van der Waals surface area (Å²) in [5, 5.41) is 8.01. The Morgan fingerprint density at radius 1 is 1.25 bits per heavy atom. The van der Waals surface area contributed by atoms with Crippen LogP contribution in [0.1, 0.15) is 29.6 Å². The predicted molar refractivity (Wildman–Crippen MR) is 94.7 cm³/mol. The molecule has 0 fully saturated rings. The van der Waals surface area contributed by atoms with Crippen molar-refractivity contribution in [1.82, 2.24) is 14.8 Å². The fourth-order valence-electron chi connectivity index (χ4n) is 3.13. The number of fused-ring (bicyclic) bond motifs is 1. The van der Waals surface area contributed by atoms with Crippen LogP contribution in [0.25, 0.3) is 0 Å². The molecule has 1 aliphatic rings. The Morgan fingerprint density at radius 3 is 2.88 bits per heavy atom. The Labute approximate surface area is 151 Å². The highest BCUT2D eigenvalue weighted by molar-refractivity contribution is 9.10. The van der Waals surface area contributed by atoms with Crippen LogP contribution in [-0.4, -0.2) is 14.8 Å². The average Bonchev–Trinajstić information content (AvgIpc) is 3.03. The van der Waals surface area contributed by atoms with Crippen molar-refractivity contribution in [3.63, 3.8) is 0 Å². The van der Waals surface area contributed by atoms with Gasteiger partial charge in [0.15, 0.2) is 0 Å². The maximum Gasteiger partial charge on any atom is 0.222 e. The van der Waals surface area contributed by atoms with Crippen LogP contribution >= 0.6 is 27.5 Å². The maximum atomic E-state index is 14.5. The minimum absolute atomic E-state index is 0.0140. The molecule has 24 heavy (non-hydrogen) atoms. The van der Waals surface area contributed by atoms with Crippen LogP contribution in [0.5, 0.6) is 0 Å². The number of hydrogen-bond donors (Lipinski definition) is 1. The van der Waals surface area contributed by atoms with Gasteiger partial charge in [0, 0.05) is 15.1 Å². The lowest BCUT2D eigenvalue weighted by atomic mass is 9.93. The molecule has 0 unspecified atom stereocenters. The fraction of sp³-hybridized carbons (Fsp3) is 0.176. The van der Waals surface area contributed by atoms with E-state index in [0.29, 0.717) is 23.0 Å². The summed E-state index contributed by atoms with van der Waals surface area (Å²) in [6.07, 6.45) is 2.08. The van der Waals surface area contributed by atoms with E-state index in [0.717, 1.165) is 10.0 Å². The zero-order chi connectivity index (χ0) is 16.7. The molecule has 4 rings (SSSR count). The van der Waals surface area contributed by atoms with E-state index in [9.17, 15) is 4.39 Å². The van der Waals surface area contributed by atoms with Crippen molar-refractivity contribution >= 4 is 33.5 Å². The summed E-state index contributed by atoms with van der Waals surface area (Å²) in [5.74, 6) is 0.277. The van der Waals surface area contributed by atoms with Gasteiger partial charge in [-0.05, 0) is 36.2 Å². The minimum Gasteiger partial charge on any atom is -0.348 e. The number of nitrogens with zero attached hydrogens (tertiary/aromatic N) is 3. The summed E-state index contributed by atoms with van der Waals surface area (Å²) in [6.45, 7) is 0. The SMILES string of the molecule is Fc1cccc(Cl)c1[C@H]1C[C@@H](c2cccc(Br)c2)Nc2ncnn21. The molecule has 0 radical (unpaired) electrons. The third-order valence-electron chi connectivity index (χ3n) is 4.21. The number of hydrogen-bond acceptors (Lipinski definition) is 3. The lowest BCUT2D eigenvalue weighted by Crippen LogP contribution is -2.28. The third kappa shape index (κ3) is 2.70. The summed E-state index contributed by atoms with van der Waals surface area (Å²) >= 11 is 9.78. The number of rotatable bonds is 2. The molecule has 7 heteroatoms. The number of benzene rings is 2. The number of halogens is 3. The smallest absolute Gasteiger partial charge is 0.222 e. The second-order valence-corrected chi connectivity index (χ2v) is 6.99. The highest BCUT2D eigenvalue weighted by Crippen LogP contribution is 2.40. The highest BCUT2D eigenvalue weighted by Gasteiger charge is 2.32. The molecule has 0 amide bonds. The predicted octanol–water partition coefficient (Wildman–Crippen LogP) is 4.98. The van der Waals surface area contributed by atoms with E-state index in [1.54, 1.807) is 16.8 Å². The number of nitrogens with one attached hydrogen (secondary N) is 1. The van der Waals surface area contributed by atoms with Gasteiger partial charge in [0.2, 0.25) is 5.95 Å². The lowest BCUT2D eigenvalue weighted by molar-refractivity contribution is 0.416. The van der Waals surface area contributed by atoms with Gasteiger partial charge in [0.25, 0.3) is 0 Å². The van der Waals surface area contributed by atoms with Crippen LogP contribution in [-0.2, 0) is 0 Å². The maximum absolute atomic E-state index is 14.5. The Balaban J connectivity index is 1.80. The molecule has 1 aromatic heterocycles. The van der Waals surface area contributed by atoms with Crippen molar-refractivity contribution < 1.29 is 4.39 Å². The molecule has 1 N–H and O–H groups in total. The average molecular weight is 408 g/mol. The number of anilines is 1. The first-order chi connectivity index (χ1) is 11.6. The summed E-state index contributed by atoms with van der Waals surface area (Å²) < 4.78 is 17.1. The minimum atomic E-state index is -0.330. The van der Waals surface area contributed by atoms with E-state index in [2.05, 4.69) is 31.3 Å². The van der Waals surface area contributed by atoms with E-state index in [4.69, 9.17) is 11.6 Å². The third-order valence-corrected chi connectivity index (χ3v) is 5.04. The van der Waals surface area contributed by atoms with Gasteiger partial charge >= 0.3 is 0 Å². The first kappa shape index (κ1) is 15.6. The molecule has 0 saturated carbocycles. The lowest BCUT2D eigenvalue weighted by Gasteiger charge is -2.32. The van der Waals surface area contributed by atoms with Gasteiger partial charge in [0.1, 0.15) is 12.1 Å². The first-order valence-corrected chi connectivity index (χ1v) is 8.66. The largest absolute Gasteiger partial charge is 0.348 e. The molecule has 0 bridgehead atoms. The van der Waals surface area contributed by atoms with E-state index in [1.165, 1.54) is 12.4 Å². The van der Waals surface area contributed by atoms with Gasteiger partial charge in [-0.3, -0.25) is 0 Å². The van der Waals surface area contributed by atoms with Gasteiger partial charge < -0.3 is 5.32 Å². The molecular weight excluding hydrogens is 395 g/mol. The van der Waals surface area contributed by atoms with E-state index in [-0.39, 0.29) is 17.9 Å². The van der Waals surface area contributed by atoms with Crippen LogP contribution in [0.2, 0.25) is 5.02 Å². The molecule has 3 aromatic rings. The van der Waals surface area contributed by atoms with Gasteiger partial charge in [-0.25, -0.2) is 9.07 Å². The first-order valence-electron chi connectivity index (χ1n) is 7.49. The summed E-state index contributed by atoms with van der Waals surface area (Å²) in [4.78, 5) is 4.25. The molecule has 2 atom stereocenters. The summed E-state index contributed by atoms with van der Waals surface area (Å²) in [6, 6.07) is 12.4. The molecule has 122 valence electrons. The van der Waals surface area contributed by atoms with Crippen LogP contribution in [0, 0.1) is 5.82 Å². The molecule has 2 aromatic carbocycles. The Hall–Kier alpha value is -1.92. The van der Waals surface area contributed by atoms with Crippen molar-refractivity contribution in [2.75, 3.05) is 5.32 Å². The van der Waals surface area contributed by atoms with Crippen molar-refractivity contribution in [2.24, 2.45) is 0 Å². The normalized spacial score (nSPS) is 19.6. The zero-order valence-corrected chi connectivity index (χ0v) is 14.8. The van der Waals surface area contributed by atoms with Crippen LogP contribution in [0.4, 0.5) is 10.3 Å². The van der Waals surface area contributed by atoms with E-state index < -0.39 is 0 Å². The second kappa shape index (κ2) is 6.18. The molecule has 0 saturated heterocycles. The molecule has 4 nitrogen and oxygen atoms in total. The van der Waals surface area contributed by atoms with Gasteiger partial charge in [-0.15, -0.1) is 0 Å². The van der Waals surface area contributed by atoms with Crippen molar-refractivity contribution in [2.45, 2.75) is 18.5 Å². The molecule has 2 heterocycles. The van der Waals surface area contributed by atoms with Gasteiger partial charge in [-0.1, -0.05) is 45.7 Å². The monoisotopic (exact) mass is 406 g/mol. The Bertz CT molecular complexity index is 878. The quantitative estimate of drug-likeness (QED) is 0.651. The van der Waals surface area contributed by atoms with Gasteiger partial charge in [0.05, 0.1) is 12.1 Å². The van der Waals surface area contributed by atoms with Gasteiger partial charge in [-0.2, -0.15) is 10.1 Å². The molecule has 0 aliphatic carbocycles. The van der Waals surface area contributed by atoms with Crippen molar-refractivity contribution in [1.29, 1.82) is 0 Å². The Kier molecular flexibility index (Phi) is 4.02. The molecule has 1 aliphatic heterocycles. The van der Waals surface area contributed by atoms with Crippen molar-refractivity contribution in [3.8, 4) is 0 Å². The van der Waals surface area contributed by atoms with Crippen LogP contribution < -0.4 is 5.32 Å². The summed E-state index contributed by atoms with van der Waals surface area (Å²) in [5.41, 5.74) is 1.54. The standard InChI is InChI=1S/C17H13BrClFN4/c18-11-4-1-3-10(7-11)14-8-15(24-17(23-14)21-9-22-24)16-12(19)5-2-6-13(16)20/h1-7,9,14-15H,8H2,(H,21,22,23)/t14-,15+/m0/s1. The van der Waals surface area contributed by atoms with E-state index in [1.807, 2.05) is 24.3 Å². The Morgan fingerprint density at radius 2 is 2.08 bits per heavy atom. The zero-order valence-electron chi connectivity index (χ0n) is 12.5. The number of aromatic nitrogens is 3. The van der Waals surface area contributed by atoms with E-state index >= 15 is 0 Å². The summed E-state index contributed by atoms with van der Waals surface area (Å²) in [7, 11) is 0. The molecule has 0 spiro atoms. The highest BCUT2D eigenvalue weighted by atomic mass is 79.9. The van der Waals surface area contributed by atoms with Crippen molar-refractivity contribution in [3.05, 3.63) is 75.2 Å².